The second-order valence-electron chi connectivity index (χ2n) is 8.91. The maximum absolute atomic E-state index is 12.6. The predicted octanol–water partition coefficient (Wildman–Crippen LogP) is 4.72. The molecule has 2 aromatic rings. The second kappa shape index (κ2) is 11.5. The summed E-state index contributed by atoms with van der Waals surface area (Å²) in [5.41, 5.74) is 11.9. The predicted molar refractivity (Wildman–Crippen MR) is 141 cm³/mol. The van der Waals surface area contributed by atoms with E-state index in [1.807, 2.05) is 57.2 Å². The van der Waals surface area contributed by atoms with E-state index in [2.05, 4.69) is 16.8 Å². The van der Waals surface area contributed by atoms with Gasteiger partial charge in [-0.3, -0.25) is 9.69 Å². The number of aromatic hydroxyl groups is 1. The van der Waals surface area contributed by atoms with Crippen LogP contribution in [0.3, 0.4) is 0 Å². The van der Waals surface area contributed by atoms with Gasteiger partial charge in [-0.2, -0.15) is 0 Å². The van der Waals surface area contributed by atoms with Crippen LogP contribution in [0.4, 0.5) is 0 Å². The third-order valence-electron chi connectivity index (χ3n) is 6.34. The minimum atomic E-state index is -0.629. The van der Waals surface area contributed by atoms with E-state index in [1.54, 1.807) is 12.1 Å². The van der Waals surface area contributed by atoms with Crippen molar-refractivity contribution in [2.45, 2.75) is 26.7 Å². The minimum absolute atomic E-state index is 0.241. The van der Waals surface area contributed by atoms with Crippen molar-refractivity contribution in [1.82, 2.24) is 10.2 Å². The molecule has 1 amide bonds. The lowest BCUT2D eigenvalue weighted by atomic mass is 9.87. The van der Waals surface area contributed by atoms with Gasteiger partial charge in [0.2, 0.25) is 5.91 Å². The molecule has 1 fully saturated rings. The highest BCUT2D eigenvalue weighted by atomic mass is 35.5. The summed E-state index contributed by atoms with van der Waals surface area (Å²) in [6.07, 6.45) is 4.06. The van der Waals surface area contributed by atoms with Gasteiger partial charge in [-0.25, -0.2) is 0 Å². The Morgan fingerprint density at radius 1 is 1.21 bits per heavy atom. The fraction of sp³-hybridized carbons (Fsp3) is 0.321. The molecule has 6 heteroatoms. The summed E-state index contributed by atoms with van der Waals surface area (Å²) < 4.78 is 0. The quantitative estimate of drug-likeness (QED) is 0.478. The maximum atomic E-state index is 12.6. The number of nitrogens with zero attached hydrogens (tertiary/aromatic N) is 1. The highest BCUT2D eigenvalue weighted by Crippen LogP contribution is 2.34. The van der Waals surface area contributed by atoms with Crippen LogP contribution in [0.15, 0.2) is 66.3 Å². The van der Waals surface area contributed by atoms with Gasteiger partial charge >= 0.3 is 0 Å². The molecule has 34 heavy (non-hydrogen) atoms. The molecule has 1 aliphatic rings. The number of carbonyl (C=O) groups excluding carboxylic acids is 1. The standard InChI is InChI=1S/C28H34ClN3O2/c1-18-7-5-9-24(29)26(18)27(28(30)34)20(3)16-22(17-32-13-11-31-12-14-32)15-19(2)23-8-6-10-25(33)21(23)4/h5-10,15-16,27,31,33H,2,11-14,17H2,1,3-4H3,(H2,30,34)/b20-16+,22-15+. The number of piperazine rings is 1. The number of aryl methyl sites for hydroxylation is 1. The minimum Gasteiger partial charge on any atom is -0.508 e. The first kappa shape index (κ1) is 25.8. The van der Waals surface area contributed by atoms with Gasteiger partial charge in [-0.15, -0.1) is 0 Å². The molecule has 0 spiro atoms. The number of benzene rings is 2. The van der Waals surface area contributed by atoms with Crippen molar-refractivity contribution in [3.05, 3.63) is 93.6 Å². The van der Waals surface area contributed by atoms with Crippen molar-refractivity contribution in [2.24, 2.45) is 5.73 Å². The fourth-order valence-electron chi connectivity index (χ4n) is 4.51. The number of hydrogen-bond donors (Lipinski definition) is 3. The van der Waals surface area contributed by atoms with Crippen molar-refractivity contribution in [2.75, 3.05) is 32.7 Å². The molecule has 180 valence electrons. The summed E-state index contributed by atoms with van der Waals surface area (Å²) in [4.78, 5) is 15.0. The van der Waals surface area contributed by atoms with E-state index in [0.717, 1.165) is 65.2 Å². The third-order valence-corrected chi connectivity index (χ3v) is 6.67. The van der Waals surface area contributed by atoms with E-state index < -0.39 is 11.8 Å². The molecule has 4 N–H and O–H groups in total. The Hall–Kier alpha value is -2.86. The Labute approximate surface area is 207 Å². The molecule has 1 aliphatic heterocycles. The average Bonchev–Trinajstić information content (AvgIpc) is 2.78. The number of carbonyl (C=O) groups is 1. The number of nitrogens with two attached hydrogens (primary N) is 1. The van der Waals surface area contributed by atoms with Crippen molar-refractivity contribution in [1.29, 1.82) is 0 Å². The van der Waals surface area contributed by atoms with Crippen LogP contribution in [0.25, 0.3) is 5.57 Å². The number of phenols is 1. The molecular formula is C28H34ClN3O2. The first-order valence-electron chi connectivity index (χ1n) is 11.5. The van der Waals surface area contributed by atoms with Gasteiger partial charge in [0.25, 0.3) is 0 Å². The monoisotopic (exact) mass is 479 g/mol. The summed E-state index contributed by atoms with van der Waals surface area (Å²) in [5, 5.41) is 14.1. The number of primary amides is 1. The number of phenolic OH excluding ortho intramolecular Hbond substituents is 1. The normalized spacial score (nSPS) is 16.4. The fourth-order valence-corrected chi connectivity index (χ4v) is 4.84. The molecule has 0 bridgehead atoms. The Morgan fingerprint density at radius 2 is 1.88 bits per heavy atom. The van der Waals surface area contributed by atoms with Crippen LogP contribution in [-0.2, 0) is 4.79 Å². The lowest BCUT2D eigenvalue weighted by Gasteiger charge is -2.28. The second-order valence-corrected chi connectivity index (χ2v) is 9.32. The zero-order valence-corrected chi connectivity index (χ0v) is 21.0. The Kier molecular flexibility index (Phi) is 8.72. The van der Waals surface area contributed by atoms with E-state index in [0.29, 0.717) is 11.6 Å². The van der Waals surface area contributed by atoms with Gasteiger partial charge in [0.05, 0.1) is 5.92 Å². The van der Waals surface area contributed by atoms with Gasteiger partial charge in [-0.1, -0.05) is 60.2 Å². The van der Waals surface area contributed by atoms with Crippen molar-refractivity contribution in [3.8, 4) is 5.75 Å². The highest BCUT2D eigenvalue weighted by molar-refractivity contribution is 6.31. The number of nitrogens with one attached hydrogen (secondary N) is 1. The molecular weight excluding hydrogens is 446 g/mol. The molecule has 0 radical (unpaired) electrons. The van der Waals surface area contributed by atoms with Gasteiger partial charge in [0.1, 0.15) is 5.75 Å². The van der Waals surface area contributed by atoms with E-state index >= 15 is 0 Å². The first-order chi connectivity index (χ1) is 16.2. The van der Waals surface area contributed by atoms with Crippen LogP contribution in [0.2, 0.25) is 5.02 Å². The molecule has 0 aromatic heterocycles. The molecule has 0 saturated carbocycles. The molecule has 0 aliphatic carbocycles. The van der Waals surface area contributed by atoms with E-state index in [4.69, 9.17) is 17.3 Å². The average molecular weight is 480 g/mol. The first-order valence-corrected chi connectivity index (χ1v) is 11.9. The van der Waals surface area contributed by atoms with Crippen LogP contribution in [-0.4, -0.2) is 48.6 Å². The van der Waals surface area contributed by atoms with Crippen LogP contribution in [0.1, 0.15) is 35.1 Å². The van der Waals surface area contributed by atoms with Crippen LogP contribution < -0.4 is 11.1 Å². The van der Waals surface area contributed by atoms with Gasteiger partial charge in [-0.05, 0) is 66.3 Å². The third kappa shape index (κ3) is 6.17. The summed E-state index contributed by atoms with van der Waals surface area (Å²) in [6, 6.07) is 11.0. The van der Waals surface area contributed by atoms with Crippen molar-refractivity contribution >= 4 is 23.1 Å². The number of amides is 1. The van der Waals surface area contributed by atoms with Gasteiger partial charge in [0, 0.05) is 37.7 Å². The zero-order chi connectivity index (χ0) is 24.8. The van der Waals surface area contributed by atoms with E-state index in [1.165, 1.54) is 0 Å². The SMILES string of the molecule is C=C(/C=C(\C=C(/C)C(C(N)=O)c1c(C)cccc1Cl)CN1CCNCC1)c1cccc(O)c1C. The molecule has 1 unspecified atom stereocenters. The van der Waals surface area contributed by atoms with Gasteiger partial charge in [0.15, 0.2) is 0 Å². The van der Waals surface area contributed by atoms with Crippen molar-refractivity contribution in [3.63, 3.8) is 0 Å². The summed E-state index contributed by atoms with van der Waals surface area (Å²) in [7, 11) is 0. The molecule has 1 saturated heterocycles. The van der Waals surface area contributed by atoms with Gasteiger partial charge < -0.3 is 16.2 Å². The van der Waals surface area contributed by atoms with E-state index in [-0.39, 0.29) is 5.75 Å². The number of hydrogen-bond acceptors (Lipinski definition) is 4. The molecule has 3 rings (SSSR count). The lowest BCUT2D eigenvalue weighted by Crippen LogP contribution is -2.44. The largest absolute Gasteiger partial charge is 0.508 e. The molecule has 1 heterocycles. The lowest BCUT2D eigenvalue weighted by molar-refractivity contribution is -0.118. The molecule has 2 aromatic carbocycles. The Morgan fingerprint density at radius 3 is 2.53 bits per heavy atom. The van der Waals surface area contributed by atoms with Crippen LogP contribution in [0.5, 0.6) is 5.75 Å². The number of rotatable bonds is 8. The Bertz CT molecular complexity index is 1110. The molecule has 1 atom stereocenters. The summed E-state index contributed by atoms with van der Waals surface area (Å²) in [5.74, 6) is -0.824. The summed E-state index contributed by atoms with van der Waals surface area (Å²) >= 11 is 6.50. The topological polar surface area (TPSA) is 78.6 Å². The number of allylic oxidation sites excluding steroid dienone is 2. The number of halogens is 1. The van der Waals surface area contributed by atoms with Crippen LogP contribution in [0, 0.1) is 13.8 Å². The zero-order valence-electron chi connectivity index (χ0n) is 20.2. The Balaban J connectivity index is 2.03. The highest BCUT2D eigenvalue weighted by Gasteiger charge is 2.24. The maximum Gasteiger partial charge on any atom is 0.229 e. The summed E-state index contributed by atoms with van der Waals surface area (Å²) in [6.45, 7) is 14.5. The smallest absolute Gasteiger partial charge is 0.229 e. The molecule has 5 nitrogen and oxygen atoms in total. The van der Waals surface area contributed by atoms with E-state index in [9.17, 15) is 9.90 Å². The van der Waals surface area contributed by atoms with Crippen LogP contribution >= 0.6 is 11.6 Å². The van der Waals surface area contributed by atoms with Crippen molar-refractivity contribution < 1.29 is 9.90 Å².